The minimum Gasteiger partial charge on any atom is -0.497 e. The van der Waals surface area contributed by atoms with Gasteiger partial charge in [-0.25, -0.2) is 0 Å². The van der Waals surface area contributed by atoms with E-state index < -0.39 is 0 Å². The second-order valence-corrected chi connectivity index (χ2v) is 9.14. The maximum Gasteiger partial charge on any atom is 0.119 e. The number of hydrogen-bond acceptors (Lipinski definition) is 3. The van der Waals surface area contributed by atoms with E-state index in [1.54, 1.807) is 7.11 Å². The molecule has 0 spiro atoms. The standard InChI is InChI=1S/2C10H14.C9H10O2.C7H8O.2C2H6/c2*1-3-9-5-7-10(4-2)8-6-9;1-2-4-8(5-3-1)10-6-9-7-11-9;1-8-7-5-3-2-4-6-7;2*1-2/h2*5-8H,3-4H2,1-2H3;1-5,9H,6-7H2;2-6H,1H3;2*1-2H3. The molecule has 1 atom stereocenters. The Balaban J connectivity index is 0.000000529. The molecule has 0 bridgehead atoms. The van der Waals surface area contributed by atoms with E-state index in [4.69, 9.17) is 14.2 Å². The van der Waals surface area contributed by atoms with E-state index in [0.717, 1.165) is 43.8 Å². The van der Waals surface area contributed by atoms with Crippen molar-refractivity contribution in [2.24, 2.45) is 0 Å². The van der Waals surface area contributed by atoms with E-state index in [9.17, 15) is 0 Å². The van der Waals surface area contributed by atoms with Gasteiger partial charge in [0.05, 0.1) is 13.7 Å². The molecule has 0 saturated carbocycles. The van der Waals surface area contributed by atoms with Gasteiger partial charge in [-0.2, -0.15) is 0 Å². The summed E-state index contributed by atoms with van der Waals surface area (Å²) in [6.07, 6.45) is 4.91. The van der Waals surface area contributed by atoms with Crippen molar-refractivity contribution in [2.45, 2.75) is 87.2 Å². The molecule has 0 aromatic heterocycles. The van der Waals surface area contributed by atoms with Gasteiger partial charge in [0, 0.05) is 0 Å². The van der Waals surface area contributed by atoms with E-state index in [0.29, 0.717) is 12.7 Å². The summed E-state index contributed by atoms with van der Waals surface area (Å²) in [4.78, 5) is 0. The summed E-state index contributed by atoms with van der Waals surface area (Å²) in [7, 11) is 1.66. The minimum atomic E-state index is 0.343. The van der Waals surface area contributed by atoms with Crippen LogP contribution in [0.3, 0.4) is 0 Å². The number of methoxy groups -OCH3 is 1. The lowest BCUT2D eigenvalue weighted by molar-refractivity contribution is 0.263. The quantitative estimate of drug-likeness (QED) is 0.192. The number of para-hydroxylation sites is 2. The number of epoxide rings is 1. The van der Waals surface area contributed by atoms with Crippen molar-refractivity contribution in [1.29, 1.82) is 0 Å². The third-order valence-corrected chi connectivity index (χ3v) is 6.24. The second-order valence-electron chi connectivity index (χ2n) is 9.14. The lowest BCUT2D eigenvalue weighted by Crippen LogP contribution is -2.03. The van der Waals surface area contributed by atoms with Crippen LogP contribution in [0.25, 0.3) is 0 Å². The van der Waals surface area contributed by atoms with Gasteiger partial charge >= 0.3 is 0 Å². The van der Waals surface area contributed by atoms with E-state index in [1.165, 1.54) is 22.3 Å². The van der Waals surface area contributed by atoms with Gasteiger partial charge in [-0.1, -0.05) is 140 Å². The molecule has 0 N–H and O–H groups in total. The minimum absolute atomic E-state index is 0.343. The Hall–Kier alpha value is -3.56. The molecular formula is C40H58O3. The van der Waals surface area contributed by atoms with Gasteiger partial charge in [-0.3, -0.25) is 0 Å². The van der Waals surface area contributed by atoms with Crippen molar-refractivity contribution >= 4 is 0 Å². The molecule has 1 heterocycles. The van der Waals surface area contributed by atoms with Crippen molar-refractivity contribution in [2.75, 3.05) is 20.3 Å². The third kappa shape index (κ3) is 20.1. The zero-order chi connectivity index (χ0) is 32.1. The number of rotatable bonds is 8. The molecule has 5 rings (SSSR count). The average molecular weight is 587 g/mol. The summed E-state index contributed by atoms with van der Waals surface area (Å²) < 4.78 is 15.3. The summed E-state index contributed by atoms with van der Waals surface area (Å²) in [5, 5.41) is 0. The molecule has 1 aliphatic rings. The van der Waals surface area contributed by atoms with Gasteiger partial charge in [0.2, 0.25) is 0 Å². The largest absolute Gasteiger partial charge is 0.497 e. The molecule has 3 heteroatoms. The maximum atomic E-state index is 5.40. The molecule has 43 heavy (non-hydrogen) atoms. The van der Waals surface area contributed by atoms with Crippen LogP contribution in [0, 0.1) is 0 Å². The maximum absolute atomic E-state index is 5.40. The van der Waals surface area contributed by atoms with Crippen LogP contribution >= 0.6 is 0 Å². The third-order valence-electron chi connectivity index (χ3n) is 6.24. The van der Waals surface area contributed by atoms with E-state index in [-0.39, 0.29) is 0 Å². The average Bonchev–Trinajstić information content (AvgIpc) is 3.96. The monoisotopic (exact) mass is 586 g/mol. The molecule has 0 aliphatic carbocycles. The first-order valence-corrected chi connectivity index (χ1v) is 16.2. The van der Waals surface area contributed by atoms with Crippen LogP contribution in [0.1, 0.15) is 77.6 Å². The molecule has 3 nitrogen and oxygen atoms in total. The first-order valence-electron chi connectivity index (χ1n) is 16.2. The van der Waals surface area contributed by atoms with Crippen LogP contribution in [-0.4, -0.2) is 26.4 Å². The molecular weight excluding hydrogens is 528 g/mol. The highest BCUT2D eigenvalue weighted by Gasteiger charge is 2.22. The molecule has 1 unspecified atom stereocenters. The summed E-state index contributed by atoms with van der Waals surface area (Å²) in [5.41, 5.74) is 5.71. The zero-order valence-corrected chi connectivity index (χ0v) is 28.4. The molecule has 236 valence electrons. The van der Waals surface area contributed by atoms with E-state index in [2.05, 4.69) is 76.2 Å². The zero-order valence-electron chi connectivity index (χ0n) is 28.4. The highest BCUT2D eigenvalue weighted by Crippen LogP contribution is 2.13. The predicted octanol–water partition coefficient (Wildman–Crippen LogP) is 10.8. The Morgan fingerprint density at radius 3 is 1.05 bits per heavy atom. The lowest BCUT2D eigenvalue weighted by atomic mass is 10.1. The molecule has 0 radical (unpaired) electrons. The van der Waals surface area contributed by atoms with Crippen LogP contribution < -0.4 is 9.47 Å². The van der Waals surface area contributed by atoms with Crippen LogP contribution in [-0.2, 0) is 30.4 Å². The van der Waals surface area contributed by atoms with Gasteiger partial charge in [0.25, 0.3) is 0 Å². The van der Waals surface area contributed by atoms with Gasteiger partial charge in [0.15, 0.2) is 0 Å². The first kappa shape index (κ1) is 39.4. The summed E-state index contributed by atoms with van der Waals surface area (Å²) in [6.45, 7) is 18.3. The van der Waals surface area contributed by atoms with Crippen LogP contribution in [0.15, 0.2) is 109 Å². The Morgan fingerprint density at radius 2 is 0.814 bits per heavy atom. The van der Waals surface area contributed by atoms with Crippen molar-refractivity contribution < 1.29 is 14.2 Å². The van der Waals surface area contributed by atoms with Crippen LogP contribution in [0.5, 0.6) is 11.5 Å². The fourth-order valence-corrected chi connectivity index (χ4v) is 3.45. The van der Waals surface area contributed by atoms with Crippen molar-refractivity contribution in [1.82, 2.24) is 0 Å². The van der Waals surface area contributed by atoms with E-state index >= 15 is 0 Å². The first-order chi connectivity index (χ1) is 21.1. The Bertz CT molecular complexity index is 1010. The van der Waals surface area contributed by atoms with Gasteiger partial charge in [-0.15, -0.1) is 0 Å². The Labute approximate surface area is 264 Å². The topological polar surface area (TPSA) is 31.0 Å². The number of aryl methyl sites for hydroxylation is 4. The normalized spacial score (nSPS) is 11.9. The molecule has 0 amide bonds. The van der Waals surface area contributed by atoms with Crippen molar-refractivity contribution in [3.05, 3.63) is 131 Å². The smallest absolute Gasteiger partial charge is 0.119 e. The molecule has 4 aromatic carbocycles. The number of ether oxygens (including phenoxy) is 3. The summed E-state index contributed by atoms with van der Waals surface area (Å²) in [5.74, 6) is 1.83. The molecule has 1 aliphatic heterocycles. The van der Waals surface area contributed by atoms with Gasteiger partial charge < -0.3 is 14.2 Å². The van der Waals surface area contributed by atoms with E-state index in [1.807, 2.05) is 88.4 Å². The van der Waals surface area contributed by atoms with Crippen LogP contribution in [0.4, 0.5) is 0 Å². The Morgan fingerprint density at radius 1 is 0.512 bits per heavy atom. The van der Waals surface area contributed by atoms with Gasteiger partial charge in [-0.05, 0) is 72.2 Å². The lowest BCUT2D eigenvalue weighted by Gasteiger charge is -2.01. The van der Waals surface area contributed by atoms with Crippen molar-refractivity contribution in [3.63, 3.8) is 0 Å². The molecule has 1 fully saturated rings. The fraction of sp³-hybridized carbons (Fsp3) is 0.400. The van der Waals surface area contributed by atoms with Crippen LogP contribution in [0.2, 0.25) is 0 Å². The highest BCUT2D eigenvalue weighted by molar-refractivity contribution is 5.23. The predicted molar refractivity (Wildman–Crippen MR) is 188 cm³/mol. The van der Waals surface area contributed by atoms with Crippen molar-refractivity contribution in [3.8, 4) is 11.5 Å². The highest BCUT2D eigenvalue weighted by atomic mass is 16.6. The molecule has 1 saturated heterocycles. The second kappa shape index (κ2) is 27.3. The fourth-order valence-electron chi connectivity index (χ4n) is 3.45. The Kier molecular flexibility index (Phi) is 25.0. The number of hydrogen-bond donors (Lipinski definition) is 0. The molecule has 4 aromatic rings. The van der Waals surface area contributed by atoms with Gasteiger partial charge in [0.1, 0.15) is 24.2 Å². The number of benzene rings is 4. The summed E-state index contributed by atoms with van der Waals surface area (Å²) >= 11 is 0. The SMILES string of the molecule is CC.CC.CCc1ccc(CC)cc1.CCc1ccc(CC)cc1.COc1ccccc1.c1ccc(OCC2CO2)cc1. The summed E-state index contributed by atoms with van der Waals surface area (Å²) in [6, 6.07) is 37.1.